The SMILES string of the molecule is Cc1oc(C(=O)N(Cc2ccccn2)C2CCCNCC2)cc1S(N)(=O)=O. The molecule has 1 amide bonds. The summed E-state index contributed by atoms with van der Waals surface area (Å²) in [6.45, 7) is 3.54. The number of aryl methyl sites for hydroxylation is 1. The fourth-order valence-electron chi connectivity index (χ4n) is 3.34. The maximum absolute atomic E-state index is 13.2. The van der Waals surface area contributed by atoms with Crippen LogP contribution in [0.25, 0.3) is 0 Å². The summed E-state index contributed by atoms with van der Waals surface area (Å²) in [5.41, 5.74) is 0.762. The molecule has 9 heteroatoms. The van der Waals surface area contributed by atoms with E-state index < -0.39 is 10.0 Å². The van der Waals surface area contributed by atoms with E-state index in [0.717, 1.165) is 38.0 Å². The number of sulfonamides is 1. The molecule has 8 nitrogen and oxygen atoms in total. The Morgan fingerprint density at radius 3 is 2.85 bits per heavy atom. The van der Waals surface area contributed by atoms with Crippen LogP contribution >= 0.6 is 0 Å². The molecule has 0 saturated carbocycles. The molecule has 1 saturated heterocycles. The first kappa shape index (κ1) is 19.5. The summed E-state index contributed by atoms with van der Waals surface area (Å²) in [5.74, 6) is -0.267. The van der Waals surface area contributed by atoms with Crippen LogP contribution in [0.15, 0.2) is 39.8 Å². The average Bonchev–Trinajstić information content (AvgIpc) is 2.85. The summed E-state index contributed by atoms with van der Waals surface area (Å²) in [6.07, 6.45) is 4.30. The topological polar surface area (TPSA) is 119 Å². The number of primary sulfonamides is 1. The molecule has 0 aromatic carbocycles. The quantitative estimate of drug-likeness (QED) is 0.794. The van der Waals surface area contributed by atoms with Crippen LogP contribution < -0.4 is 10.5 Å². The normalized spacial score (nSPS) is 18.1. The van der Waals surface area contributed by atoms with Crippen LogP contribution in [-0.2, 0) is 16.6 Å². The summed E-state index contributed by atoms with van der Waals surface area (Å²) >= 11 is 0. The Hall–Kier alpha value is -2.23. The van der Waals surface area contributed by atoms with Gasteiger partial charge in [0, 0.05) is 18.3 Å². The molecule has 0 radical (unpaired) electrons. The van der Waals surface area contributed by atoms with Gasteiger partial charge in [-0.2, -0.15) is 0 Å². The Balaban J connectivity index is 1.92. The average molecular weight is 392 g/mol. The second-order valence-corrected chi connectivity index (χ2v) is 8.19. The number of nitrogens with zero attached hydrogens (tertiary/aromatic N) is 2. The fraction of sp³-hybridized carbons (Fsp3) is 0.444. The Labute approximate surface area is 158 Å². The number of nitrogens with one attached hydrogen (secondary N) is 1. The van der Waals surface area contributed by atoms with Crippen molar-refractivity contribution >= 4 is 15.9 Å². The number of pyridine rings is 1. The van der Waals surface area contributed by atoms with Gasteiger partial charge < -0.3 is 14.6 Å². The van der Waals surface area contributed by atoms with Crippen molar-refractivity contribution in [2.75, 3.05) is 13.1 Å². The second-order valence-electron chi connectivity index (χ2n) is 6.66. The number of hydrogen-bond donors (Lipinski definition) is 2. The lowest BCUT2D eigenvalue weighted by Crippen LogP contribution is -2.40. The van der Waals surface area contributed by atoms with Crippen molar-refractivity contribution in [3.8, 4) is 0 Å². The minimum atomic E-state index is -3.95. The van der Waals surface area contributed by atoms with Gasteiger partial charge in [0.25, 0.3) is 5.91 Å². The van der Waals surface area contributed by atoms with Gasteiger partial charge in [-0.1, -0.05) is 6.07 Å². The van der Waals surface area contributed by atoms with Gasteiger partial charge in [-0.3, -0.25) is 9.78 Å². The van der Waals surface area contributed by atoms with Crippen LogP contribution in [0.5, 0.6) is 0 Å². The number of carbonyl (C=O) groups excluding carboxylic acids is 1. The Morgan fingerprint density at radius 1 is 1.37 bits per heavy atom. The standard InChI is InChI=1S/C18H24N4O4S/c1-13-17(27(19,24)25)11-16(26-13)18(23)22(12-14-5-2-3-9-21-14)15-6-4-8-20-10-7-15/h2-3,5,9,11,15,20H,4,6-8,10,12H2,1H3,(H2,19,24,25). The molecule has 146 valence electrons. The van der Waals surface area contributed by atoms with Gasteiger partial charge in [0.05, 0.1) is 12.2 Å². The van der Waals surface area contributed by atoms with Crippen molar-refractivity contribution in [2.24, 2.45) is 5.14 Å². The minimum Gasteiger partial charge on any atom is -0.455 e. The van der Waals surface area contributed by atoms with E-state index in [0.29, 0.717) is 6.54 Å². The number of furan rings is 1. The molecule has 1 fully saturated rings. The number of rotatable bonds is 5. The van der Waals surface area contributed by atoms with Gasteiger partial charge >= 0.3 is 0 Å². The molecule has 0 aliphatic carbocycles. The molecule has 2 aromatic rings. The number of amides is 1. The van der Waals surface area contributed by atoms with Gasteiger partial charge in [-0.25, -0.2) is 13.6 Å². The first-order chi connectivity index (χ1) is 12.9. The summed E-state index contributed by atoms with van der Waals surface area (Å²) in [6, 6.07) is 6.78. The molecule has 2 aromatic heterocycles. The zero-order valence-electron chi connectivity index (χ0n) is 15.2. The molecule has 1 aliphatic rings. The zero-order valence-corrected chi connectivity index (χ0v) is 16.0. The minimum absolute atomic E-state index is 0.0119. The van der Waals surface area contributed by atoms with Crippen molar-refractivity contribution < 1.29 is 17.6 Å². The monoisotopic (exact) mass is 392 g/mol. The van der Waals surface area contributed by atoms with Gasteiger partial charge in [0.1, 0.15) is 10.7 Å². The highest BCUT2D eigenvalue weighted by molar-refractivity contribution is 7.89. The Morgan fingerprint density at radius 2 is 2.19 bits per heavy atom. The number of aromatic nitrogens is 1. The zero-order chi connectivity index (χ0) is 19.4. The summed E-state index contributed by atoms with van der Waals surface area (Å²) in [4.78, 5) is 19.1. The van der Waals surface area contributed by atoms with Gasteiger partial charge in [-0.05, 0) is 51.4 Å². The smallest absolute Gasteiger partial charge is 0.290 e. The van der Waals surface area contributed by atoms with E-state index in [1.807, 2.05) is 18.2 Å². The second kappa shape index (κ2) is 8.20. The van der Waals surface area contributed by atoms with E-state index in [1.54, 1.807) is 11.1 Å². The molecule has 1 aliphatic heterocycles. The molecule has 0 spiro atoms. The highest BCUT2D eigenvalue weighted by Gasteiger charge is 2.30. The van der Waals surface area contributed by atoms with E-state index in [-0.39, 0.29) is 28.4 Å². The molecule has 1 unspecified atom stereocenters. The lowest BCUT2D eigenvalue weighted by Gasteiger charge is -2.30. The lowest BCUT2D eigenvalue weighted by molar-refractivity contribution is 0.0608. The molecular weight excluding hydrogens is 368 g/mol. The Kier molecular flexibility index (Phi) is 5.93. The van der Waals surface area contributed by atoms with Crippen LogP contribution in [0.3, 0.4) is 0 Å². The van der Waals surface area contributed by atoms with Crippen LogP contribution in [0, 0.1) is 6.92 Å². The first-order valence-electron chi connectivity index (χ1n) is 8.91. The third-order valence-corrected chi connectivity index (χ3v) is 5.71. The Bertz CT molecular complexity index is 887. The maximum Gasteiger partial charge on any atom is 0.290 e. The van der Waals surface area contributed by atoms with Crippen molar-refractivity contribution in [3.05, 3.63) is 47.7 Å². The highest BCUT2D eigenvalue weighted by atomic mass is 32.2. The van der Waals surface area contributed by atoms with Gasteiger partial charge in [0.2, 0.25) is 10.0 Å². The van der Waals surface area contributed by atoms with Crippen molar-refractivity contribution in [3.63, 3.8) is 0 Å². The maximum atomic E-state index is 13.2. The fourth-order valence-corrected chi connectivity index (χ4v) is 4.05. The van der Waals surface area contributed by atoms with E-state index in [2.05, 4.69) is 10.3 Å². The predicted molar refractivity (Wildman–Crippen MR) is 99.4 cm³/mol. The number of carbonyl (C=O) groups is 1. The van der Waals surface area contributed by atoms with Crippen molar-refractivity contribution in [2.45, 2.75) is 43.7 Å². The molecule has 0 bridgehead atoms. The molecule has 3 heterocycles. The van der Waals surface area contributed by atoms with E-state index >= 15 is 0 Å². The summed E-state index contributed by atoms with van der Waals surface area (Å²) in [5, 5.41) is 8.54. The third-order valence-electron chi connectivity index (χ3n) is 4.69. The number of nitrogens with two attached hydrogens (primary N) is 1. The summed E-state index contributed by atoms with van der Waals surface area (Å²) < 4.78 is 28.8. The van der Waals surface area contributed by atoms with Crippen LogP contribution in [-0.4, -0.2) is 43.3 Å². The largest absolute Gasteiger partial charge is 0.455 e. The van der Waals surface area contributed by atoms with Crippen LogP contribution in [0.1, 0.15) is 41.3 Å². The van der Waals surface area contributed by atoms with Crippen molar-refractivity contribution in [1.29, 1.82) is 0 Å². The molecule has 1 atom stereocenters. The highest BCUT2D eigenvalue weighted by Crippen LogP contribution is 2.24. The predicted octanol–water partition coefficient (Wildman–Crippen LogP) is 1.41. The van der Waals surface area contributed by atoms with Gasteiger partial charge in [-0.15, -0.1) is 0 Å². The number of hydrogen-bond acceptors (Lipinski definition) is 6. The van der Waals surface area contributed by atoms with Gasteiger partial charge in [0.15, 0.2) is 5.76 Å². The molecule has 27 heavy (non-hydrogen) atoms. The summed E-state index contributed by atoms with van der Waals surface area (Å²) in [7, 11) is -3.95. The van der Waals surface area contributed by atoms with E-state index in [9.17, 15) is 13.2 Å². The van der Waals surface area contributed by atoms with E-state index in [4.69, 9.17) is 9.56 Å². The molecular formula is C18H24N4O4S. The van der Waals surface area contributed by atoms with E-state index in [1.165, 1.54) is 13.0 Å². The van der Waals surface area contributed by atoms with Crippen LogP contribution in [0.4, 0.5) is 0 Å². The first-order valence-corrected chi connectivity index (χ1v) is 10.5. The molecule has 3 N–H and O–H groups in total. The van der Waals surface area contributed by atoms with Crippen molar-refractivity contribution in [1.82, 2.24) is 15.2 Å². The van der Waals surface area contributed by atoms with Crippen LogP contribution in [0.2, 0.25) is 0 Å². The third kappa shape index (κ3) is 4.74. The molecule has 3 rings (SSSR count). The lowest BCUT2D eigenvalue weighted by atomic mass is 10.1.